The van der Waals surface area contributed by atoms with Crippen LogP contribution in [0.3, 0.4) is 0 Å². The molecule has 0 aliphatic heterocycles. The minimum absolute atomic E-state index is 0.423. The van der Waals surface area contributed by atoms with Crippen LogP contribution in [0, 0.1) is 0 Å². The van der Waals surface area contributed by atoms with E-state index in [1.807, 2.05) is 0 Å². The van der Waals surface area contributed by atoms with Gasteiger partial charge >= 0.3 is 11.9 Å². The number of hydrogen-bond donors (Lipinski definition) is 0. The maximum Gasteiger partial charge on any atom is 0.346 e. The summed E-state index contributed by atoms with van der Waals surface area (Å²) in [5.41, 5.74) is 0. The molecule has 0 bridgehead atoms. The van der Waals surface area contributed by atoms with Crippen LogP contribution in [0.15, 0.2) is 84.9 Å². The Kier molecular flexibility index (Phi) is 13.3. The molecule has 0 heterocycles. The maximum absolute atomic E-state index is 11.3. The molecule has 44 heavy (non-hydrogen) atoms. The zero-order chi connectivity index (χ0) is 32.2. The first-order valence-electron chi connectivity index (χ1n) is 12.9. The highest BCUT2D eigenvalue weighted by Gasteiger charge is 2.16. The van der Waals surface area contributed by atoms with E-state index in [-0.39, 0.29) is 0 Å². The molecule has 0 aliphatic carbocycles. The van der Waals surface area contributed by atoms with E-state index >= 15 is 0 Å². The van der Waals surface area contributed by atoms with E-state index in [0.29, 0.717) is 54.6 Å². The highest BCUT2D eigenvalue weighted by molar-refractivity contribution is 6.36. The molecule has 4 rings (SSSR count). The molecule has 2 unspecified atom stereocenters. The summed E-state index contributed by atoms with van der Waals surface area (Å²) in [6, 6.07) is 23.6. The molecule has 2 atom stereocenters. The third-order valence-corrected chi connectivity index (χ3v) is 6.64. The van der Waals surface area contributed by atoms with Crippen molar-refractivity contribution in [3.05, 3.63) is 105 Å². The van der Waals surface area contributed by atoms with Crippen molar-refractivity contribution in [2.75, 3.05) is 14.2 Å². The summed E-state index contributed by atoms with van der Waals surface area (Å²) in [7, 11) is 2.63. The minimum atomic E-state index is -0.678. The van der Waals surface area contributed by atoms with Gasteiger partial charge in [-0.1, -0.05) is 46.4 Å². The van der Waals surface area contributed by atoms with Crippen molar-refractivity contribution in [1.82, 2.24) is 0 Å². The summed E-state index contributed by atoms with van der Waals surface area (Å²) < 4.78 is 31.4. The SMILES string of the molecule is COC(=O)C(C)Oc1ccc(Oc2ccc(Cl)cc2Cl)cc1.COC(=O)C(C)Oc1ccc(Oc2ccc(Cl)cc2Cl)cc1. The van der Waals surface area contributed by atoms with E-state index in [4.69, 9.17) is 65.4 Å². The molecular formula is C32H28Cl4O8. The summed E-state index contributed by atoms with van der Waals surface area (Å²) >= 11 is 23.8. The summed E-state index contributed by atoms with van der Waals surface area (Å²) in [5, 5.41) is 1.93. The quantitative estimate of drug-likeness (QED) is 0.153. The van der Waals surface area contributed by atoms with Crippen LogP contribution in [0.1, 0.15) is 13.8 Å². The van der Waals surface area contributed by atoms with Crippen molar-refractivity contribution in [2.45, 2.75) is 26.1 Å². The predicted octanol–water partition coefficient (Wildman–Crippen LogP) is 9.45. The van der Waals surface area contributed by atoms with Crippen LogP contribution >= 0.6 is 46.4 Å². The number of hydrogen-bond acceptors (Lipinski definition) is 8. The Morgan fingerprint density at radius 2 is 0.841 bits per heavy atom. The van der Waals surface area contributed by atoms with Crippen LogP contribution < -0.4 is 18.9 Å². The maximum atomic E-state index is 11.3. The smallest absolute Gasteiger partial charge is 0.346 e. The standard InChI is InChI=1S/2C16H14Cl2O4/c2*1-10(16(19)20-2)21-12-4-6-13(7-5-12)22-15-8-3-11(17)9-14(15)18/h2*3-10H,1-2H3. The lowest BCUT2D eigenvalue weighted by molar-refractivity contribution is -0.148. The van der Waals surface area contributed by atoms with Crippen LogP contribution in [0.25, 0.3) is 0 Å². The fraction of sp³-hybridized carbons (Fsp3) is 0.188. The van der Waals surface area contributed by atoms with E-state index in [1.165, 1.54) is 14.2 Å². The Morgan fingerprint density at radius 1 is 0.523 bits per heavy atom. The Labute approximate surface area is 275 Å². The van der Waals surface area contributed by atoms with Gasteiger partial charge in [-0.25, -0.2) is 9.59 Å². The van der Waals surface area contributed by atoms with E-state index in [2.05, 4.69) is 9.47 Å². The predicted molar refractivity (Wildman–Crippen MR) is 170 cm³/mol. The Bertz CT molecular complexity index is 1430. The number of benzene rings is 4. The fourth-order valence-electron chi connectivity index (χ4n) is 3.38. The molecule has 232 valence electrons. The van der Waals surface area contributed by atoms with Crippen molar-refractivity contribution >= 4 is 58.3 Å². The van der Waals surface area contributed by atoms with Gasteiger partial charge in [0.05, 0.1) is 24.3 Å². The van der Waals surface area contributed by atoms with Crippen molar-refractivity contribution in [2.24, 2.45) is 0 Å². The van der Waals surface area contributed by atoms with Crippen LogP contribution in [-0.4, -0.2) is 38.4 Å². The Balaban J connectivity index is 0.000000240. The zero-order valence-corrected chi connectivity index (χ0v) is 27.0. The lowest BCUT2D eigenvalue weighted by Gasteiger charge is -2.13. The molecular weight excluding hydrogens is 654 g/mol. The first-order valence-corrected chi connectivity index (χ1v) is 14.4. The minimum Gasteiger partial charge on any atom is -0.479 e. The molecule has 0 spiro atoms. The molecule has 0 saturated heterocycles. The Morgan fingerprint density at radius 3 is 1.14 bits per heavy atom. The van der Waals surface area contributed by atoms with Crippen LogP contribution in [0.5, 0.6) is 34.5 Å². The molecule has 0 N–H and O–H groups in total. The van der Waals surface area contributed by atoms with Gasteiger partial charge in [0.1, 0.15) is 34.5 Å². The van der Waals surface area contributed by atoms with Gasteiger partial charge in [0, 0.05) is 10.0 Å². The van der Waals surface area contributed by atoms with Gasteiger partial charge < -0.3 is 28.4 Å². The molecule has 0 amide bonds. The average molecular weight is 682 g/mol. The summed E-state index contributed by atoms with van der Waals surface area (Å²) in [6.07, 6.45) is -1.36. The second kappa shape index (κ2) is 16.9. The topological polar surface area (TPSA) is 89.5 Å². The van der Waals surface area contributed by atoms with Gasteiger partial charge in [0.2, 0.25) is 0 Å². The molecule has 4 aromatic carbocycles. The van der Waals surface area contributed by atoms with Crippen molar-refractivity contribution in [3.63, 3.8) is 0 Å². The van der Waals surface area contributed by atoms with Gasteiger partial charge in [-0.3, -0.25) is 0 Å². The Hall–Kier alpha value is -3.82. The fourth-order valence-corrected chi connectivity index (χ4v) is 4.27. The van der Waals surface area contributed by atoms with Gasteiger partial charge in [-0.05, 0) is 98.8 Å². The van der Waals surface area contributed by atoms with Crippen LogP contribution in [0.4, 0.5) is 0 Å². The van der Waals surface area contributed by atoms with E-state index in [9.17, 15) is 9.59 Å². The molecule has 8 nitrogen and oxygen atoms in total. The third-order valence-electron chi connectivity index (χ3n) is 5.58. The average Bonchev–Trinajstić information content (AvgIpc) is 3.01. The second-order valence-corrected chi connectivity index (χ2v) is 10.6. The first-order chi connectivity index (χ1) is 21.0. The highest BCUT2D eigenvalue weighted by atomic mass is 35.5. The van der Waals surface area contributed by atoms with Gasteiger partial charge in [-0.15, -0.1) is 0 Å². The van der Waals surface area contributed by atoms with Gasteiger partial charge in [0.15, 0.2) is 12.2 Å². The molecule has 0 aromatic heterocycles. The number of halogens is 4. The van der Waals surface area contributed by atoms with Crippen molar-refractivity contribution in [1.29, 1.82) is 0 Å². The summed E-state index contributed by atoms with van der Waals surface area (Å²) in [5.74, 6) is 2.37. The van der Waals surface area contributed by atoms with Gasteiger partial charge in [-0.2, -0.15) is 0 Å². The summed E-state index contributed by atoms with van der Waals surface area (Å²) in [6.45, 7) is 3.23. The molecule has 0 saturated carbocycles. The molecule has 12 heteroatoms. The molecule has 4 aromatic rings. The van der Waals surface area contributed by atoms with E-state index in [0.717, 1.165) is 0 Å². The van der Waals surface area contributed by atoms with Crippen LogP contribution in [-0.2, 0) is 19.1 Å². The second-order valence-electron chi connectivity index (χ2n) is 8.86. The number of esters is 2. The number of methoxy groups -OCH3 is 2. The third kappa shape index (κ3) is 10.7. The highest BCUT2D eigenvalue weighted by Crippen LogP contribution is 2.33. The monoisotopic (exact) mass is 680 g/mol. The normalized spacial score (nSPS) is 11.6. The molecule has 0 radical (unpaired) electrons. The number of ether oxygens (including phenoxy) is 6. The largest absolute Gasteiger partial charge is 0.479 e. The zero-order valence-electron chi connectivity index (χ0n) is 24.0. The summed E-state index contributed by atoms with van der Waals surface area (Å²) in [4.78, 5) is 22.6. The lowest BCUT2D eigenvalue weighted by atomic mass is 10.3. The molecule has 0 aliphatic rings. The van der Waals surface area contributed by atoms with Crippen molar-refractivity contribution < 1.29 is 38.0 Å². The van der Waals surface area contributed by atoms with Crippen LogP contribution in [0.2, 0.25) is 20.1 Å². The first kappa shape index (κ1) is 34.7. The van der Waals surface area contributed by atoms with E-state index in [1.54, 1.807) is 98.8 Å². The molecule has 0 fully saturated rings. The van der Waals surface area contributed by atoms with Crippen molar-refractivity contribution in [3.8, 4) is 34.5 Å². The number of rotatable bonds is 10. The number of carbonyl (C=O) groups excluding carboxylic acids is 2. The van der Waals surface area contributed by atoms with E-state index < -0.39 is 24.1 Å². The van der Waals surface area contributed by atoms with Gasteiger partial charge in [0.25, 0.3) is 0 Å². The lowest BCUT2D eigenvalue weighted by Crippen LogP contribution is -2.24. The number of carbonyl (C=O) groups is 2.